The van der Waals surface area contributed by atoms with Gasteiger partial charge in [0.05, 0.1) is 78.6 Å². The first-order chi connectivity index (χ1) is 58.3. The van der Waals surface area contributed by atoms with Gasteiger partial charge in [-0.2, -0.15) is 18.3 Å². The summed E-state index contributed by atoms with van der Waals surface area (Å²) in [5, 5.41) is 9.43. The van der Waals surface area contributed by atoms with Crippen molar-refractivity contribution in [2.45, 2.75) is 102 Å². The highest BCUT2D eigenvalue weighted by Gasteiger charge is 2.33. The Hall–Kier alpha value is -14.4. The second kappa shape index (κ2) is 33.2. The third kappa shape index (κ3) is 15.4. The van der Waals surface area contributed by atoms with Gasteiger partial charge in [-0.1, -0.05) is 118 Å². The van der Waals surface area contributed by atoms with Crippen molar-refractivity contribution in [1.29, 1.82) is 0 Å². The lowest BCUT2D eigenvalue weighted by atomic mass is 9.84. The molecule has 0 unspecified atom stereocenters. The molecule has 19 aromatic rings. The first-order valence-electron chi connectivity index (χ1n) is 41.4. The summed E-state index contributed by atoms with van der Waals surface area (Å²) >= 11 is 0. The molecule has 0 aliphatic carbocycles. The second-order valence-corrected chi connectivity index (χ2v) is 33.1. The summed E-state index contributed by atoms with van der Waals surface area (Å²) in [7, 11) is 8.35. The SMILES string of the molecule is Cc1c(-c2ncc3ccccc3[n+]2C)cc(C(C)(C)C)cc1-[n+]1c(C)ccc2ccccc21.Cc1cc(-c2ncc3ccccc3[n+]2C)c(C)c(-[n+]2cc3ccccc3cc2C)c1.Cc1cc(C)c(-[n+]2ccccc2C)c(C)c1-c1ncc2ccccc2[n+]1C.[C-]#[N+]c1cc(-c2ncc3ccccc3[n+]2C)c(C)c(-[n+]2c(C)ccc3ccccc32)c1. The molecule has 0 saturated heterocycles. The summed E-state index contributed by atoms with van der Waals surface area (Å²) in [4.78, 5) is 23.2. The number of aromatic nitrogens is 12. The number of hydrogen-bond donors (Lipinski definition) is 0. The third-order valence-electron chi connectivity index (χ3n) is 24.0. The summed E-state index contributed by atoms with van der Waals surface area (Å²) in [5.74, 6) is 3.81. The van der Waals surface area contributed by atoms with Gasteiger partial charge in [0.1, 0.15) is 22.1 Å². The summed E-state index contributed by atoms with van der Waals surface area (Å²) in [6.45, 7) is 38.4. The number of aryl methyl sites for hydroxylation is 11. The Labute approximate surface area is 709 Å². The smallest absolute Gasteiger partial charge is 0.238 e. The van der Waals surface area contributed by atoms with Crippen molar-refractivity contribution in [2.24, 2.45) is 28.2 Å². The first kappa shape index (κ1) is 80.4. The van der Waals surface area contributed by atoms with Gasteiger partial charge in [-0.25, -0.2) is 23.1 Å². The predicted octanol–water partition coefficient (Wildman–Crippen LogP) is 20.7. The van der Waals surface area contributed by atoms with E-state index < -0.39 is 0 Å². The molecule has 0 fully saturated rings. The Morgan fingerprint density at radius 1 is 0.306 bits per heavy atom. The third-order valence-corrected chi connectivity index (χ3v) is 24.0. The topological polar surface area (TPSA) is 87.0 Å². The van der Waals surface area contributed by atoms with Crippen LogP contribution in [-0.4, -0.2) is 19.9 Å². The van der Waals surface area contributed by atoms with Crippen molar-refractivity contribution in [3.63, 3.8) is 0 Å². The number of nitrogens with zero attached hydrogens (tertiary/aromatic N) is 13. The minimum absolute atomic E-state index is 0.00562. The lowest BCUT2D eigenvalue weighted by Crippen LogP contribution is -2.38. The Kier molecular flexibility index (Phi) is 22.1. The highest BCUT2D eigenvalue weighted by atomic mass is 15.1. The van der Waals surface area contributed by atoms with Gasteiger partial charge in [-0.3, -0.25) is 0 Å². The molecule has 19 rings (SSSR count). The standard InChI is InChI=1S/C30H31N3.C27H22N4.C27H25N3.C24H25N3/c1-20-15-16-22-11-7-10-14-27(22)33(20)28-18-24(30(3,4)5)17-25(21(28)2)29-31-19-23-12-8-9-13-26(23)32(29)6;1-18-13-14-20-9-5-8-12-25(20)31(18)26-16-22(28-3)15-23(19(26)2)27-29-17-21-10-6-7-11-24(21)30(27)4;1-18-13-24(27-28-16-22-10-7-8-12-25(22)29(27)4)20(3)26(14-18)30-17-23-11-6-5-9-21(23)15-19(30)2;1-16-14-17(2)23(27-13-9-8-10-18(27)3)19(4)22(16)24-25-15-20-11-6-7-12-21(20)26(24)5/h7-19H,1-6H3;5-17H,1-2,4H3;5-17H,1-4H3;6-15H,1-5H3/q4*+2. The van der Waals surface area contributed by atoms with E-state index in [2.05, 4.69) is 408 Å². The maximum Gasteiger partial charge on any atom is 0.331 e. The number of benzene rings is 11. The first-order valence-corrected chi connectivity index (χ1v) is 41.4. The molecule has 592 valence electrons. The highest BCUT2D eigenvalue weighted by Crippen LogP contribution is 2.36. The van der Waals surface area contributed by atoms with Crippen molar-refractivity contribution < 1.29 is 36.5 Å². The molecule has 0 spiro atoms. The van der Waals surface area contributed by atoms with E-state index >= 15 is 0 Å². The number of pyridine rings is 4. The molecule has 8 heterocycles. The molecule has 13 heteroatoms. The molecule has 13 nitrogen and oxygen atoms in total. The van der Waals surface area contributed by atoms with E-state index in [1.165, 1.54) is 128 Å². The molecule has 11 aromatic carbocycles. The number of fused-ring (bicyclic) bond motifs is 7. The molecule has 8 aromatic heterocycles. The molecule has 0 N–H and O–H groups in total. The van der Waals surface area contributed by atoms with Crippen LogP contribution in [0.4, 0.5) is 5.69 Å². The molecule has 0 aliphatic heterocycles. The fourth-order valence-corrected chi connectivity index (χ4v) is 17.5. The van der Waals surface area contributed by atoms with Crippen molar-refractivity contribution in [3.05, 3.63) is 377 Å². The van der Waals surface area contributed by atoms with Crippen LogP contribution in [0.25, 0.3) is 149 Å². The van der Waals surface area contributed by atoms with E-state index in [1.54, 1.807) is 0 Å². The summed E-state index contributed by atoms with van der Waals surface area (Å²) < 4.78 is 17.9. The van der Waals surface area contributed by atoms with E-state index in [4.69, 9.17) is 26.5 Å². The van der Waals surface area contributed by atoms with Gasteiger partial charge < -0.3 is 0 Å². The fraction of sp³-hybridized carbons (Fsp3) is 0.176. The number of rotatable bonds is 8. The van der Waals surface area contributed by atoms with Crippen molar-refractivity contribution in [2.75, 3.05) is 0 Å². The Morgan fingerprint density at radius 2 is 0.702 bits per heavy atom. The zero-order valence-corrected chi connectivity index (χ0v) is 72.6. The maximum atomic E-state index is 7.72. The fourth-order valence-electron chi connectivity index (χ4n) is 17.5. The van der Waals surface area contributed by atoms with Crippen LogP contribution in [0.15, 0.2) is 298 Å². The van der Waals surface area contributed by atoms with E-state index in [1.807, 2.05) is 56.1 Å². The summed E-state index contributed by atoms with van der Waals surface area (Å²) in [5.41, 5.74) is 31.4. The Bertz CT molecular complexity index is 7380. The lowest BCUT2D eigenvalue weighted by molar-refractivity contribution is -0.636. The van der Waals surface area contributed by atoms with Gasteiger partial charge in [-0.15, -0.1) is 0 Å². The normalized spacial score (nSPS) is 11.4. The van der Waals surface area contributed by atoms with E-state index in [9.17, 15) is 0 Å². The van der Waals surface area contributed by atoms with Gasteiger partial charge in [0.15, 0.2) is 65.6 Å². The van der Waals surface area contributed by atoms with Gasteiger partial charge >= 0.3 is 23.3 Å². The Morgan fingerprint density at radius 3 is 1.17 bits per heavy atom. The van der Waals surface area contributed by atoms with Crippen molar-refractivity contribution >= 4 is 81.9 Å². The highest BCUT2D eigenvalue weighted by molar-refractivity contribution is 5.84. The predicted molar refractivity (Wildman–Crippen MR) is 489 cm³/mol. The van der Waals surface area contributed by atoms with Crippen LogP contribution in [0.1, 0.15) is 88.1 Å². The van der Waals surface area contributed by atoms with Gasteiger partial charge in [0, 0.05) is 132 Å². The van der Waals surface area contributed by atoms with Crippen LogP contribution in [-0.2, 0) is 33.6 Å². The largest absolute Gasteiger partial charge is 0.331 e. The second-order valence-electron chi connectivity index (χ2n) is 33.1. The summed E-state index contributed by atoms with van der Waals surface area (Å²) in [6, 6.07) is 91.5. The molecule has 0 amide bonds. The van der Waals surface area contributed by atoms with E-state index in [0.717, 1.165) is 83.8 Å². The average Bonchev–Trinajstić information content (AvgIpc) is 0.754. The van der Waals surface area contributed by atoms with E-state index in [-0.39, 0.29) is 5.41 Å². The van der Waals surface area contributed by atoms with E-state index in [0.29, 0.717) is 5.69 Å². The van der Waals surface area contributed by atoms with Crippen LogP contribution in [0.3, 0.4) is 0 Å². The molecule has 0 radical (unpaired) electrons. The molecule has 0 bridgehead atoms. The molecule has 121 heavy (non-hydrogen) atoms. The molecular weight excluding hydrogens is 1480 g/mol. The van der Waals surface area contributed by atoms with Crippen molar-refractivity contribution in [1.82, 2.24) is 19.9 Å². The molecular formula is C108H103N13+8. The van der Waals surface area contributed by atoms with Crippen LogP contribution >= 0.6 is 0 Å². The zero-order chi connectivity index (χ0) is 84.8. The van der Waals surface area contributed by atoms with Gasteiger partial charge in [0.25, 0.3) is 0 Å². The average molecular weight is 1580 g/mol. The van der Waals surface area contributed by atoms with Gasteiger partial charge in [-0.05, 0) is 199 Å². The van der Waals surface area contributed by atoms with Crippen molar-refractivity contribution in [3.8, 4) is 68.3 Å². The number of hydrogen-bond acceptors (Lipinski definition) is 4. The summed E-state index contributed by atoms with van der Waals surface area (Å²) in [6.07, 6.45) is 12.2. The minimum atomic E-state index is 0.00562. The van der Waals surface area contributed by atoms with Crippen LogP contribution in [0.5, 0.6) is 0 Å². The van der Waals surface area contributed by atoms with Crippen LogP contribution in [0, 0.1) is 82.7 Å². The van der Waals surface area contributed by atoms with Crippen LogP contribution in [0.2, 0.25) is 0 Å². The van der Waals surface area contributed by atoms with Gasteiger partial charge in [0.2, 0.25) is 33.8 Å². The molecule has 0 saturated carbocycles. The molecule has 0 atom stereocenters. The monoisotopic (exact) mass is 1580 g/mol. The number of para-hydroxylation sites is 6. The van der Waals surface area contributed by atoms with Crippen LogP contribution < -0.4 is 36.5 Å². The molecule has 0 aliphatic rings. The maximum absolute atomic E-state index is 7.72. The lowest BCUT2D eigenvalue weighted by Gasteiger charge is -2.21. The minimum Gasteiger partial charge on any atom is -0.238 e. The zero-order valence-electron chi connectivity index (χ0n) is 72.6. The quantitative estimate of drug-likeness (QED) is 0.112. The Balaban J connectivity index is 0.000000120.